The molecule has 5 fully saturated rings. The highest BCUT2D eigenvalue weighted by Gasteiger charge is 2.54. The van der Waals surface area contributed by atoms with Crippen molar-refractivity contribution < 1.29 is 14.3 Å². The molecule has 1 heterocycles. The van der Waals surface area contributed by atoms with E-state index in [-0.39, 0.29) is 23.5 Å². The second-order valence-corrected chi connectivity index (χ2v) is 10.7. The van der Waals surface area contributed by atoms with E-state index in [4.69, 9.17) is 4.74 Å². The van der Waals surface area contributed by atoms with Crippen molar-refractivity contribution in [2.24, 2.45) is 23.2 Å². The molecule has 0 spiro atoms. The highest BCUT2D eigenvalue weighted by Crippen LogP contribution is 2.60. The summed E-state index contributed by atoms with van der Waals surface area (Å²) < 4.78 is 5.59. The predicted molar refractivity (Wildman–Crippen MR) is 104 cm³/mol. The van der Waals surface area contributed by atoms with Gasteiger partial charge in [-0.2, -0.15) is 0 Å². The Morgan fingerprint density at radius 2 is 1.63 bits per heavy atom. The van der Waals surface area contributed by atoms with E-state index in [1.807, 2.05) is 25.7 Å². The van der Waals surface area contributed by atoms with E-state index in [2.05, 4.69) is 5.32 Å². The lowest BCUT2D eigenvalue weighted by molar-refractivity contribution is -0.146. The maximum Gasteiger partial charge on any atom is 0.410 e. The smallest absolute Gasteiger partial charge is 0.410 e. The number of piperidine rings is 1. The van der Waals surface area contributed by atoms with E-state index in [0.717, 1.165) is 62.8 Å². The van der Waals surface area contributed by atoms with Gasteiger partial charge in [-0.25, -0.2) is 4.79 Å². The standard InChI is InChI=1S/C22H36N2O3/c1-21(2,3)27-20(26)24-7-5-4-6-18(24)14-23-19(25)22-11-15-8-16(12-22)10-17(9-15)13-22/h15-18H,4-14H2,1-3H3,(H,23,25). The number of carbonyl (C=O) groups is 2. The highest BCUT2D eigenvalue weighted by atomic mass is 16.6. The van der Waals surface area contributed by atoms with E-state index in [1.54, 1.807) is 0 Å². The molecule has 1 atom stereocenters. The summed E-state index contributed by atoms with van der Waals surface area (Å²) in [4.78, 5) is 27.6. The Morgan fingerprint density at radius 3 is 2.19 bits per heavy atom. The first-order valence-corrected chi connectivity index (χ1v) is 11.0. The lowest BCUT2D eigenvalue weighted by atomic mass is 9.49. The summed E-state index contributed by atoms with van der Waals surface area (Å²) in [6, 6.07) is 0.0615. The first-order chi connectivity index (χ1) is 12.7. The summed E-state index contributed by atoms with van der Waals surface area (Å²) in [5, 5.41) is 3.27. The third-order valence-electron chi connectivity index (χ3n) is 7.27. The highest BCUT2D eigenvalue weighted by molar-refractivity contribution is 5.83. The Hall–Kier alpha value is -1.26. The van der Waals surface area contributed by atoms with Crippen LogP contribution in [0, 0.1) is 23.2 Å². The Bertz CT molecular complexity index is 560. The second-order valence-electron chi connectivity index (χ2n) is 10.7. The molecule has 5 rings (SSSR count). The molecule has 1 saturated heterocycles. The van der Waals surface area contributed by atoms with Crippen molar-refractivity contribution in [3.05, 3.63) is 0 Å². The molecule has 5 nitrogen and oxygen atoms in total. The van der Waals surface area contributed by atoms with Crippen LogP contribution in [0.2, 0.25) is 0 Å². The first kappa shape index (κ1) is 19.1. The molecule has 1 unspecified atom stereocenters. The van der Waals surface area contributed by atoms with Crippen molar-refractivity contribution >= 4 is 12.0 Å². The van der Waals surface area contributed by atoms with Crippen molar-refractivity contribution in [3.8, 4) is 0 Å². The number of carbonyl (C=O) groups excluding carboxylic acids is 2. The molecule has 5 aliphatic rings. The molecular formula is C22H36N2O3. The van der Waals surface area contributed by atoms with Crippen molar-refractivity contribution in [1.82, 2.24) is 10.2 Å². The Kier molecular flexibility index (Phi) is 4.92. The average molecular weight is 377 g/mol. The summed E-state index contributed by atoms with van der Waals surface area (Å²) in [5.41, 5.74) is -0.596. The van der Waals surface area contributed by atoms with Crippen LogP contribution in [0.3, 0.4) is 0 Å². The van der Waals surface area contributed by atoms with Crippen molar-refractivity contribution in [3.63, 3.8) is 0 Å². The van der Waals surface area contributed by atoms with E-state index in [0.29, 0.717) is 6.54 Å². The minimum absolute atomic E-state index is 0.0615. The molecule has 0 aromatic heterocycles. The molecule has 4 aliphatic carbocycles. The van der Waals surface area contributed by atoms with E-state index in [1.165, 1.54) is 19.3 Å². The maximum atomic E-state index is 13.2. The summed E-state index contributed by atoms with van der Waals surface area (Å²) in [7, 11) is 0. The number of nitrogens with one attached hydrogen (secondary N) is 1. The molecule has 0 aromatic carbocycles. The maximum absolute atomic E-state index is 13.2. The minimum atomic E-state index is -0.485. The second kappa shape index (κ2) is 6.97. The predicted octanol–water partition coefficient (Wildman–Crippen LogP) is 4.11. The summed E-state index contributed by atoms with van der Waals surface area (Å²) in [6.45, 7) is 7.00. The fraction of sp³-hybridized carbons (Fsp3) is 0.909. The molecule has 152 valence electrons. The largest absolute Gasteiger partial charge is 0.444 e. The Labute approximate surface area is 163 Å². The van der Waals surface area contributed by atoms with Crippen LogP contribution in [-0.2, 0) is 9.53 Å². The van der Waals surface area contributed by atoms with E-state index >= 15 is 0 Å². The fourth-order valence-corrected chi connectivity index (χ4v) is 6.56. The zero-order chi connectivity index (χ0) is 19.2. The van der Waals surface area contributed by atoms with Gasteiger partial charge in [-0.05, 0) is 96.3 Å². The topological polar surface area (TPSA) is 58.6 Å². The van der Waals surface area contributed by atoms with Crippen LogP contribution in [0.1, 0.15) is 78.6 Å². The summed E-state index contributed by atoms with van der Waals surface area (Å²) in [6.07, 6.45) is 10.1. The summed E-state index contributed by atoms with van der Waals surface area (Å²) in [5.74, 6) is 2.58. The number of ether oxygens (including phenoxy) is 1. The summed E-state index contributed by atoms with van der Waals surface area (Å²) >= 11 is 0. The normalized spacial score (nSPS) is 38.0. The number of likely N-dealkylation sites (tertiary alicyclic amines) is 1. The van der Waals surface area contributed by atoms with Crippen LogP contribution < -0.4 is 5.32 Å². The number of amides is 2. The van der Waals surface area contributed by atoms with Gasteiger partial charge in [0.2, 0.25) is 5.91 Å². The van der Waals surface area contributed by atoms with Crippen LogP contribution in [0.15, 0.2) is 0 Å². The third-order valence-corrected chi connectivity index (χ3v) is 7.27. The molecule has 1 aliphatic heterocycles. The van der Waals surface area contributed by atoms with E-state index in [9.17, 15) is 9.59 Å². The Balaban J connectivity index is 1.37. The zero-order valence-corrected chi connectivity index (χ0v) is 17.3. The quantitative estimate of drug-likeness (QED) is 0.806. The molecule has 4 saturated carbocycles. The van der Waals surface area contributed by atoms with Gasteiger partial charge in [0.25, 0.3) is 0 Å². The van der Waals surface area contributed by atoms with Gasteiger partial charge in [-0.15, -0.1) is 0 Å². The van der Waals surface area contributed by atoms with Crippen molar-refractivity contribution in [2.75, 3.05) is 13.1 Å². The third kappa shape index (κ3) is 3.97. The van der Waals surface area contributed by atoms with Gasteiger partial charge in [0.05, 0.1) is 6.04 Å². The van der Waals surface area contributed by atoms with Gasteiger partial charge < -0.3 is 15.0 Å². The van der Waals surface area contributed by atoms with Gasteiger partial charge >= 0.3 is 6.09 Å². The van der Waals surface area contributed by atoms with Crippen LogP contribution in [0.5, 0.6) is 0 Å². The van der Waals surface area contributed by atoms with E-state index < -0.39 is 5.60 Å². The number of hydrogen-bond donors (Lipinski definition) is 1. The molecule has 0 radical (unpaired) electrons. The lowest BCUT2D eigenvalue weighted by Gasteiger charge is -2.55. The van der Waals surface area contributed by atoms with Gasteiger partial charge in [0.15, 0.2) is 0 Å². The lowest BCUT2D eigenvalue weighted by Crippen LogP contribution is -2.56. The SMILES string of the molecule is CC(C)(C)OC(=O)N1CCCCC1CNC(=O)C12CC3CC(CC(C3)C1)C2. The molecule has 0 aromatic rings. The van der Waals surface area contributed by atoms with Crippen LogP contribution >= 0.6 is 0 Å². The van der Waals surface area contributed by atoms with Gasteiger partial charge in [-0.3, -0.25) is 4.79 Å². The minimum Gasteiger partial charge on any atom is -0.444 e. The molecule has 4 bridgehead atoms. The number of nitrogens with zero attached hydrogens (tertiary/aromatic N) is 1. The van der Waals surface area contributed by atoms with Crippen LogP contribution in [0.25, 0.3) is 0 Å². The van der Waals surface area contributed by atoms with Crippen molar-refractivity contribution in [1.29, 1.82) is 0 Å². The molecule has 27 heavy (non-hydrogen) atoms. The number of rotatable bonds is 3. The van der Waals surface area contributed by atoms with Gasteiger partial charge in [0.1, 0.15) is 5.60 Å². The Morgan fingerprint density at radius 1 is 1.04 bits per heavy atom. The van der Waals surface area contributed by atoms with Gasteiger partial charge in [0, 0.05) is 18.5 Å². The van der Waals surface area contributed by atoms with Crippen LogP contribution in [-0.4, -0.2) is 41.6 Å². The monoisotopic (exact) mass is 376 g/mol. The molecule has 2 amide bonds. The van der Waals surface area contributed by atoms with Crippen molar-refractivity contribution in [2.45, 2.75) is 90.2 Å². The first-order valence-electron chi connectivity index (χ1n) is 11.0. The number of hydrogen-bond acceptors (Lipinski definition) is 3. The molecular weight excluding hydrogens is 340 g/mol. The van der Waals surface area contributed by atoms with Crippen LogP contribution in [0.4, 0.5) is 4.79 Å². The average Bonchev–Trinajstić information content (AvgIpc) is 2.57. The zero-order valence-electron chi connectivity index (χ0n) is 17.3. The molecule has 1 N–H and O–H groups in total. The molecule has 5 heteroatoms. The van der Waals surface area contributed by atoms with Gasteiger partial charge in [-0.1, -0.05) is 0 Å². The fourth-order valence-electron chi connectivity index (χ4n) is 6.56.